The summed E-state index contributed by atoms with van der Waals surface area (Å²) in [4.78, 5) is 17.8. The molecule has 0 aliphatic carbocycles. The van der Waals surface area contributed by atoms with Crippen LogP contribution in [0.5, 0.6) is 0 Å². The summed E-state index contributed by atoms with van der Waals surface area (Å²) >= 11 is 0. The van der Waals surface area contributed by atoms with Crippen LogP contribution in [-0.4, -0.2) is 40.6 Å². The third kappa shape index (κ3) is 3.10. The highest BCUT2D eigenvalue weighted by Crippen LogP contribution is 2.37. The fourth-order valence-electron chi connectivity index (χ4n) is 3.94. The van der Waals surface area contributed by atoms with Crippen LogP contribution in [0.4, 0.5) is 0 Å². The van der Waals surface area contributed by atoms with E-state index in [0.29, 0.717) is 11.9 Å². The molecule has 0 N–H and O–H groups in total. The first-order valence-corrected chi connectivity index (χ1v) is 10.1. The number of benzene rings is 1. The molecule has 28 heavy (non-hydrogen) atoms. The highest BCUT2D eigenvalue weighted by molar-refractivity contribution is 6.63. The predicted molar refractivity (Wildman–Crippen MR) is 110 cm³/mol. The van der Waals surface area contributed by atoms with Gasteiger partial charge in [0.15, 0.2) is 0 Å². The van der Waals surface area contributed by atoms with Gasteiger partial charge in [-0.3, -0.25) is 9.36 Å². The standard InChI is InChI=1S/C21H29BN2O4/c1-13-14(2)18-16(10-17(13)22-27-20(3,4)21(5,6)28-22)19(25)24(12-23-18)11-15-8-7-9-26-15/h10,12,15H,7-9,11H2,1-6H3. The first-order valence-electron chi connectivity index (χ1n) is 10.1. The van der Waals surface area contributed by atoms with E-state index in [2.05, 4.69) is 4.98 Å². The third-order valence-electron chi connectivity index (χ3n) is 6.65. The second-order valence-corrected chi connectivity index (χ2v) is 9.04. The summed E-state index contributed by atoms with van der Waals surface area (Å²) in [6.07, 6.45) is 3.76. The van der Waals surface area contributed by atoms with E-state index in [1.54, 1.807) is 10.9 Å². The molecule has 150 valence electrons. The largest absolute Gasteiger partial charge is 0.495 e. The fraction of sp³-hybridized carbons (Fsp3) is 0.619. The molecule has 1 atom stereocenters. The van der Waals surface area contributed by atoms with Gasteiger partial charge in [-0.15, -0.1) is 0 Å². The molecule has 2 aliphatic heterocycles. The van der Waals surface area contributed by atoms with E-state index in [1.165, 1.54) is 0 Å². The summed E-state index contributed by atoms with van der Waals surface area (Å²) in [5.74, 6) is 0. The molecule has 3 heterocycles. The fourth-order valence-corrected chi connectivity index (χ4v) is 3.94. The van der Waals surface area contributed by atoms with Crippen LogP contribution >= 0.6 is 0 Å². The highest BCUT2D eigenvalue weighted by Gasteiger charge is 2.52. The molecular weight excluding hydrogens is 355 g/mol. The number of aromatic nitrogens is 2. The van der Waals surface area contributed by atoms with Crippen molar-refractivity contribution in [3.8, 4) is 0 Å². The van der Waals surface area contributed by atoms with E-state index < -0.39 is 18.3 Å². The lowest BCUT2D eigenvalue weighted by Gasteiger charge is -2.32. The van der Waals surface area contributed by atoms with Crippen LogP contribution in [0.25, 0.3) is 10.9 Å². The smallest absolute Gasteiger partial charge is 0.399 e. The zero-order valence-electron chi connectivity index (χ0n) is 17.7. The Morgan fingerprint density at radius 2 is 1.86 bits per heavy atom. The molecule has 0 saturated carbocycles. The molecule has 1 aromatic heterocycles. The predicted octanol–water partition coefficient (Wildman–Crippen LogP) is 2.49. The summed E-state index contributed by atoms with van der Waals surface area (Å²) in [7, 11) is -0.501. The summed E-state index contributed by atoms with van der Waals surface area (Å²) < 4.78 is 19.8. The number of aryl methyl sites for hydroxylation is 1. The van der Waals surface area contributed by atoms with Crippen LogP contribution < -0.4 is 11.0 Å². The Kier molecular flexibility index (Phi) is 4.68. The molecule has 6 nitrogen and oxygen atoms in total. The maximum absolute atomic E-state index is 13.2. The van der Waals surface area contributed by atoms with Crippen molar-refractivity contribution in [2.75, 3.05) is 6.61 Å². The minimum atomic E-state index is -0.501. The molecular formula is C21H29BN2O4. The van der Waals surface area contributed by atoms with Gasteiger partial charge in [-0.1, -0.05) is 0 Å². The molecule has 0 bridgehead atoms. The van der Waals surface area contributed by atoms with Crippen molar-refractivity contribution in [2.45, 2.75) is 78.2 Å². The van der Waals surface area contributed by atoms with Crippen molar-refractivity contribution < 1.29 is 14.0 Å². The molecule has 2 saturated heterocycles. The van der Waals surface area contributed by atoms with Crippen molar-refractivity contribution in [1.82, 2.24) is 9.55 Å². The van der Waals surface area contributed by atoms with Crippen LogP contribution in [0.1, 0.15) is 51.7 Å². The molecule has 4 rings (SSSR count). The number of hydrogen-bond acceptors (Lipinski definition) is 5. The molecule has 0 radical (unpaired) electrons. The Labute approximate surface area is 166 Å². The lowest BCUT2D eigenvalue weighted by molar-refractivity contribution is 0.00578. The molecule has 1 unspecified atom stereocenters. The van der Waals surface area contributed by atoms with Gasteiger partial charge < -0.3 is 14.0 Å². The Morgan fingerprint density at radius 1 is 1.18 bits per heavy atom. The number of hydrogen-bond donors (Lipinski definition) is 0. The maximum atomic E-state index is 13.2. The van der Waals surface area contributed by atoms with Gasteiger partial charge in [-0.05, 0) is 77.0 Å². The quantitative estimate of drug-likeness (QED) is 0.761. The zero-order chi connectivity index (χ0) is 20.3. The number of ether oxygens (including phenoxy) is 1. The summed E-state index contributed by atoms with van der Waals surface area (Å²) in [6.45, 7) is 13.5. The van der Waals surface area contributed by atoms with E-state index in [-0.39, 0.29) is 11.7 Å². The Balaban J connectivity index is 1.79. The Morgan fingerprint density at radius 3 is 2.46 bits per heavy atom. The van der Waals surface area contributed by atoms with Crippen molar-refractivity contribution in [1.29, 1.82) is 0 Å². The van der Waals surface area contributed by atoms with Crippen LogP contribution in [0, 0.1) is 13.8 Å². The summed E-state index contributed by atoms with van der Waals surface area (Å²) in [6, 6.07) is 1.90. The molecule has 2 aliphatic rings. The van der Waals surface area contributed by atoms with E-state index in [0.717, 1.165) is 41.6 Å². The van der Waals surface area contributed by atoms with Crippen LogP contribution in [-0.2, 0) is 20.6 Å². The van der Waals surface area contributed by atoms with Gasteiger partial charge in [0.1, 0.15) is 0 Å². The molecule has 0 amide bonds. The first-order chi connectivity index (χ1) is 13.1. The minimum Gasteiger partial charge on any atom is -0.399 e. The lowest BCUT2D eigenvalue weighted by atomic mass is 9.74. The monoisotopic (exact) mass is 384 g/mol. The maximum Gasteiger partial charge on any atom is 0.495 e. The van der Waals surface area contributed by atoms with E-state index >= 15 is 0 Å². The van der Waals surface area contributed by atoms with Crippen molar-refractivity contribution >= 4 is 23.5 Å². The highest BCUT2D eigenvalue weighted by atomic mass is 16.7. The Hall–Kier alpha value is -1.70. The van der Waals surface area contributed by atoms with Crippen molar-refractivity contribution in [3.05, 3.63) is 33.9 Å². The van der Waals surface area contributed by atoms with Crippen molar-refractivity contribution in [3.63, 3.8) is 0 Å². The normalized spacial score (nSPS) is 23.6. The van der Waals surface area contributed by atoms with Crippen LogP contribution in [0.3, 0.4) is 0 Å². The van der Waals surface area contributed by atoms with Gasteiger partial charge in [0, 0.05) is 6.61 Å². The van der Waals surface area contributed by atoms with Gasteiger partial charge in [0.05, 0.1) is 41.1 Å². The zero-order valence-corrected chi connectivity index (χ0v) is 17.7. The lowest BCUT2D eigenvalue weighted by Crippen LogP contribution is -2.41. The SMILES string of the molecule is Cc1c(B2OC(C)(C)C(C)(C)O2)cc2c(=O)n(CC3CCCO3)cnc2c1C. The first kappa shape index (κ1) is 19.6. The van der Waals surface area contributed by atoms with E-state index in [1.807, 2.05) is 47.6 Å². The van der Waals surface area contributed by atoms with E-state index in [4.69, 9.17) is 14.0 Å². The molecule has 2 aromatic rings. The minimum absolute atomic E-state index is 0.0404. The number of nitrogens with zero attached hydrogens (tertiary/aromatic N) is 2. The summed E-state index contributed by atoms with van der Waals surface area (Å²) in [5, 5.41) is 0.605. The van der Waals surface area contributed by atoms with Crippen LogP contribution in [0.2, 0.25) is 0 Å². The number of fused-ring (bicyclic) bond motifs is 1. The average molecular weight is 384 g/mol. The Bertz CT molecular complexity index is 961. The molecule has 7 heteroatoms. The van der Waals surface area contributed by atoms with Gasteiger partial charge >= 0.3 is 7.12 Å². The second-order valence-electron chi connectivity index (χ2n) is 9.04. The van der Waals surface area contributed by atoms with Gasteiger partial charge in [0.25, 0.3) is 5.56 Å². The van der Waals surface area contributed by atoms with Gasteiger partial charge in [-0.25, -0.2) is 4.98 Å². The molecule has 0 spiro atoms. The third-order valence-corrected chi connectivity index (χ3v) is 6.65. The number of rotatable bonds is 3. The van der Waals surface area contributed by atoms with E-state index in [9.17, 15) is 4.79 Å². The van der Waals surface area contributed by atoms with Gasteiger partial charge in [0.2, 0.25) is 0 Å². The van der Waals surface area contributed by atoms with Gasteiger partial charge in [-0.2, -0.15) is 0 Å². The van der Waals surface area contributed by atoms with Crippen molar-refractivity contribution in [2.24, 2.45) is 0 Å². The molecule has 1 aromatic carbocycles. The second kappa shape index (κ2) is 6.68. The summed E-state index contributed by atoms with van der Waals surface area (Å²) in [5.41, 5.74) is 2.78. The topological polar surface area (TPSA) is 62.6 Å². The average Bonchev–Trinajstić information content (AvgIpc) is 3.19. The molecule has 2 fully saturated rings. The van der Waals surface area contributed by atoms with Crippen LogP contribution in [0.15, 0.2) is 17.2 Å².